The number of carbonyl (C=O) groups excluding carboxylic acids is 1. The molecule has 1 N–H and O–H groups in total. The van der Waals surface area contributed by atoms with Gasteiger partial charge in [-0.25, -0.2) is 0 Å². The van der Waals surface area contributed by atoms with Gasteiger partial charge in [0.1, 0.15) is 0 Å². The molecule has 0 saturated heterocycles. The van der Waals surface area contributed by atoms with Crippen molar-refractivity contribution >= 4 is 17.2 Å². The highest BCUT2D eigenvalue weighted by molar-refractivity contribution is 7.09. The molecule has 1 aromatic heterocycles. The molecule has 0 spiro atoms. The molecule has 2 rings (SSSR count). The van der Waals surface area contributed by atoms with Crippen molar-refractivity contribution < 1.29 is 4.79 Å². The van der Waals surface area contributed by atoms with Gasteiger partial charge in [-0.05, 0) is 48.8 Å². The number of rotatable bonds is 7. The van der Waals surface area contributed by atoms with Crippen LogP contribution in [0.2, 0.25) is 0 Å². The van der Waals surface area contributed by atoms with E-state index in [1.165, 1.54) is 16.0 Å². The van der Waals surface area contributed by atoms with Gasteiger partial charge in [0.25, 0.3) is 0 Å². The molecule has 1 atom stereocenters. The number of hydrogen-bond donors (Lipinski definition) is 1. The predicted molar refractivity (Wildman–Crippen MR) is 89.6 cm³/mol. The molecule has 0 aliphatic heterocycles. The van der Waals surface area contributed by atoms with Crippen LogP contribution in [0.25, 0.3) is 0 Å². The van der Waals surface area contributed by atoms with Gasteiger partial charge in [-0.2, -0.15) is 0 Å². The second-order valence-electron chi connectivity index (χ2n) is 5.32. The first-order valence-electron chi connectivity index (χ1n) is 7.59. The molecule has 21 heavy (non-hydrogen) atoms. The average molecular weight is 301 g/mol. The highest BCUT2D eigenvalue weighted by Gasteiger charge is 2.09. The van der Waals surface area contributed by atoms with E-state index in [4.69, 9.17) is 0 Å². The van der Waals surface area contributed by atoms with Crippen molar-refractivity contribution in [1.29, 1.82) is 0 Å². The Morgan fingerprint density at radius 1 is 1.24 bits per heavy atom. The minimum Gasteiger partial charge on any atom is -0.350 e. The van der Waals surface area contributed by atoms with Crippen molar-refractivity contribution in [1.82, 2.24) is 5.32 Å². The number of benzene rings is 1. The van der Waals surface area contributed by atoms with Crippen LogP contribution in [-0.2, 0) is 17.6 Å². The molecule has 1 aromatic carbocycles. The Hall–Kier alpha value is -1.61. The number of hydrogen-bond acceptors (Lipinski definition) is 2. The van der Waals surface area contributed by atoms with E-state index in [1.807, 2.05) is 6.92 Å². The molecule has 2 nitrogen and oxygen atoms in total. The van der Waals surface area contributed by atoms with Crippen molar-refractivity contribution in [2.45, 2.75) is 45.6 Å². The van der Waals surface area contributed by atoms with E-state index < -0.39 is 0 Å². The number of carbonyl (C=O) groups is 1. The molecule has 1 amide bonds. The number of nitrogens with one attached hydrogen (secondary N) is 1. The van der Waals surface area contributed by atoms with Gasteiger partial charge < -0.3 is 5.32 Å². The first-order chi connectivity index (χ1) is 10.2. The third-order valence-electron chi connectivity index (χ3n) is 3.67. The Bertz CT molecular complexity index is 545. The standard InChI is InChI=1S/C18H23NOS/c1-3-15-9-11-16(12-10-15)14(2)19-18(20)8-4-6-17-7-5-13-21-17/h5,7,9-14H,3-4,6,8H2,1-2H3,(H,19,20). The smallest absolute Gasteiger partial charge is 0.220 e. The number of thiophene rings is 1. The molecule has 1 unspecified atom stereocenters. The summed E-state index contributed by atoms with van der Waals surface area (Å²) < 4.78 is 0. The lowest BCUT2D eigenvalue weighted by atomic mass is 10.0. The summed E-state index contributed by atoms with van der Waals surface area (Å²) in [5.41, 5.74) is 2.49. The molecular weight excluding hydrogens is 278 g/mol. The van der Waals surface area contributed by atoms with Gasteiger partial charge in [-0.15, -0.1) is 11.3 Å². The lowest BCUT2D eigenvalue weighted by Gasteiger charge is -2.14. The fourth-order valence-electron chi connectivity index (χ4n) is 2.32. The van der Waals surface area contributed by atoms with E-state index in [1.54, 1.807) is 11.3 Å². The quantitative estimate of drug-likeness (QED) is 0.801. The molecule has 1 heterocycles. The van der Waals surface area contributed by atoms with Crippen LogP contribution in [0.3, 0.4) is 0 Å². The third kappa shape index (κ3) is 5.01. The normalized spacial score (nSPS) is 12.1. The van der Waals surface area contributed by atoms with Crippen LogP contribution in [0.15, 0.2) is 41.8 Å². The summed E-state index contributed by atoms with van der Waals surface area (Å²) in [6, 6.07) is 12.7. The van der Waals surface area contributed by atoms with E-state index in [0.717, 1.165) is 19.3 Å². The summed E-state index contributed by atoms with van der Waals surface area (Å²) in [6.07, 6.45) is 3.54. The molecule has 0 aliphatic carbocycles. The maximum absolute atomic E-state index is 12.0. The second-order valence-corrected chi connectivity index (χ2v) is 6.35. The maximum atomic E-state index is 12.0. The lowest BCUT2D eigenvalue weighted by Crippen LogP contribution is -2.26. The Kier molecular flexibility index (Phi) is 6.00. The van der Waals surface area contributed by atoms with Gasteiger partial charge in [-0.1, -0.05) is 37.3 Å². The zero-order valence-electron chi connectivity index (χ0n) is 12.8. The SMILES string of the molecule is CCc1ccc(C(C)NC(=O)CCCc2cccs2)cc1. The van der Waals surface area contributed by atoms with E-state index in [9.17, 15) is 4.79 Å². The van der Waals surface area contributed by atoms with Crippen molar-refractivity contribution in [2.24, 2.45) is 0 Å². The summed E-state index contributed by atoms with van der Waals surface area (Å²) in [7, 11) is 0. The molecule has 0 saturated carbocycles. The van der Waals surface area contributed by atoms with Gasteiger partial charge in [-0.3, -0.25) is 4.79 Å². The first kappa shape index (κ1) is 15.8. The van der Waals surface area contributed by atoms with E-state index in [2.05, 4.69) is 54.0 Å². The highest BCUT2D eigenvalue weighted by atomic mass is 32.1. The van der Waals surface area contributed by atoms with Crippen LogP contribution < -0.4 is 5.32 Å². The van der Waals surface area contributed by atoms with Crippen LogP contribution in [0.5, 0.6) is 0 Å². The Balaban J connectivity index is 1.75. The van der Waals surface area contributed by atoms with Crippen molar-refractivity contribution in [2.75, 3.05) is 0 Å². The molecule has 0 bridgehead atoms. The predicted octanol–water partition coefficient (Wildman–Crippen LogP) is 4.51. The maximum Gasteiger partial charge on any atom is 0.220 e. The molecule has 2 aromatic rings. The minimum atomic E-state index is 0.0742. The summed E-state index contributed by atoms with van der Waals surface area (Å²) in [5, 5.41) is 5.16. The van der Waals surface area contributed by atoms with Crippen LogP contribution in [0.4, 0.5) is 0 Å². The van der Waals surface area contributed by atoms with E-state index >= 15 is 0 Å². The minimum absolute atomic E-state index is 0.0742. The van der Waals surface area contributed by atoms with Crippen LogP contribution in [0.1, 0.15) is 48.7 Å². The largest absolute Gasteiger partial charge is 0.350 e. The molecule has 0 radical (unpaired) electrons. The van der Waals surface area contributed by atoms with Gasteiger partial charge >= 0.3 is 0 Å². The zero-order chi connectivity index (χ0) is 15.1. The van der Waals surface area contributed by atoms with Crippen molar-refractivity contribution in [3.05, 3.63) is 57.8 Å². The van der Waals surface area contributed by atoms with Crippen LogP contribution >= 0.6 is 11.3 Å². The fraction of sp³-hybridized carbons (Fsp3) is 0.389. The van der Waals surface area contributed by atoms with Gasteiger partial charge in [0.05, 0.1) is 6.04 Å². The average Bonchev–Trinajstić information content (AvgIpc) is 3.00. The molecule has 0 fully saturated rings. The van der Waals surface area contributed by atoms with Gasteiger partial charge in [0.15, 0.2) is 0 Å². The monoisotopic (exact) mass is 301 g/mol. The second kappa shape index (κ2) is 7.99. The first-order valence-corrected chi connectivity index (χ1v) is 8.47. The molecule has 3 heteroatoms. The summed E-state index contributed by atoms with van der Waals surface area (Å²) in [4.78, 5) is 13.3. The van der Waals surface area contributed by atoms with Crippen LogP contribution in [-0.4, -0.2) is 5.91 Å². The third-order valence-corrected chi connectivity index (χ3v) is 4.61. The van der Waals surface area contributed by atoms with Gasteiger partial charge in [0.2, 0.25) is 5.91 Å². The molecule has 112 valence electrons. The summed E-state index contributed by atoms with van der Waals surface area (Å²) in [6.45, 7) is 4.19. The number of amides is 1. The van der Waals surface area contributed by atoms with E-state index in [-0.39, 0.29) is 11.9 Å². The number of aryl methyl sites for hydroxylation is 2. The summed E-state index contributed by atoms with van der Waals surface area (Å²) >= 11 is 1.76. The topological polar surface area (TPSA) is 29.1 Å². The Morgan fingerprint density at radius 2 is 2.00 bits per heavy atom. The lowest BCUT2D eigenvalue weighted by molar-refractivity contribution is -0.121. The fourth-order valence-corrected chi connectivity index (χ4v) is 3.07. The van der Waals surface area contributed by atoms with Crippen molar-refractivity contribution in [3.63, 3.8) is 0 Å². The van der Waals surface area contributed by atoms with E-state index in [0.29, 0.717) is 6.42 Å². The zero-order valence-corrected chi connectivity index (χ0v) is 13.6. The Morgan fingerprint density at radius 3 is 2.62 bits per heavy atom. The molecular formula is C18H23NOS. The highest BCUT2D eigenvalue weighted by Crippen LogP contribution is 2.15. The van der Waals surface area contributed by atoms with Gasteiger partial charge in [0, 0.05) is 11.3 Å². The molecule has 0 aliphatic rings. The Labute approximate surface area is 131 Å². The summed E-state index contributed by atoms with van der Waals surface area (Å²) in [5.74, 6) is 0.138. The van der Waals surface area contributed by atoms with Crippen LogP contribution in [0, 0.1) is 0 Å². The van der Waals surface area contributed by atoms with Crippen molar-refractivity contribution in [3.8, 4) is 0 Å².